The highest BCUT2D eigenvalue weighted by molar-refractivity contribution is 7.91. The lowest BCUT2D eigenvalue weighted by molar-refractivity contribution is -0.152. The molecule has 0 unspecified atom stereocenters. The van der Waals surface area contributed by atoms with Gasteiger partial charge >= 0.3 is 5.97 Å². The lowest BCUT2D eigenvalue weighted by Crippen LogP contribution is -2.38. The molecule has 0 spiro atoms. The van der Waals surface area contributed by atoms with Gasteiger partial charge in [0.15, 0.2) is 15.4 Å². The molecule has 0 amide bonds. The number of halogens is 2. The van der Waals surface area contributed by atoms with Gasteiger partial charge in [-0.05, 0) is 44.2 Å². The lowest BCUT2D eigenvalue weighted by Gasteiger charge is -2.24. The van der Waals surface area contributed by atoms with Gasteiger partial charge in [-0.3, -0.25) is 0 Å². The van der Waals surface area contributed by atoms with Crippen LogP contribution in [0.5, 0.6) is 5.75 Å². The Morgan fingerprint density at radius 3 is 2.44 bits per heavy atom. The maximum absolute atomic E-state index is 13.7. The summed E-state index contributed by atoms with van der Waals surface area (Å²) in [5.41, 5.74) is -1.08. The first-order valence-electron chi connectivity index (χ1n) is 7.97. The molecule has 2 aromatic rings. The molecule has 0 atom stereocenters. The van der Waals surface area contributed by atoms with E-state index in [0.717, 1.165) is 12.1 Å². The van der Waals surface area contributed by atoms with Crippen molar-refractivity contribution in [1.82, 2.24) is 0 Å². The summed E-state index contributed by atoms with van der Waals surface area (Å²) in [7, 11) is -3.42. The molecular formula is C18H19ClFNO5S. The van der Waals surface area contributed by atoms with Gasteiger partial charge in [0.2, 0.25) is 0 Å². The minimum atomic E-state index is -3.42. The number of sulfone groups is 1. The van der Waals surface area contributed by atoms with Crippen LogP contribution in [0.1, 0.15) is 20.8 Å². The van der Waals surface area contributed by atoms with Crippen molar-refractivity contribution in [2.75, 3.05) is 11.1 Å². The van der Waals surface area contributed by atoms with Crippen LogP contribution < -0.4 is 10.1 Å². The molecule has 0 aliphatic heterocycles. The standard InChI is InChI=1S/C18H19ClFNO5S/c1-4-27(24,25)12-6-7-14(13(19)10-12)21-15-9-11(20)5-8-16(15)26-18(2,3)17(22)23/h5-10,21H,4H2,1-3H3,(H,22,23). The third kappa shape index (κ3) is 4.90. The molecule has 0 saturated carbocycles. The van der Waals surface area contributed by atoms with Crippen molar-refractivity contribution in [1.29, 1.82) is 0 Å². The summed E-state index contributed by atoms with van der Waals surface area (Å²) in [6.45, 7) is 4.25. The molecule has 0 heterocycles. The summed E-state index contributed by atoms with van der Waals surface area (Å²) < 4.78 is 43.0. The van der Waals surface area contributed by atoms with Crippen LogP contribution in [0.25, 0.3) is 0 Å². The number of anilines is 2. The van der Waals surface area contributed by atoms with Gasteiger partial charge in [-0.2, -0.15) is 0 Å². The maximum Gasteiger partial charge on any atom is 0.347 e. The second kappa shape index (κ2) is 7.74. The summed E-state index contributed by atoms with van der Waals surface area (Å²) >= 11 is 6.16. The highest BCUT2D eigenvalue weighted by atomic mass is 35.5. The predicted octanol–water partition coefficient (Wildman–Crippen LogP) is 4.26. The van der Waals surface area contributed by atoms with E-state index < -0.39 is 27.2 Å². The number of carbonyl (C=O) groups is 1. The average Bonchev–Trinajstić information content (AvgIpc) is 2.58. The van der Waals surface area contributed by atoms with Crippen molar-refractivity contribution in [2.24, 2.45) is 0 Å². The van der Waals surface area contributed by atoms with Crippen molar-refractivity contribution in [3.63, 3.8) is 0 Å². The molecule has 9 heteroatoms. The fourth-order valence-electron chi connectivity index (χ4n) is 2.11. The summed E-state index contributed by atoms with van der Waals surface area (Å²) in [6, 6.07) is 7.68. The van der Waals surface area contributed by atoms with E-state index in [-0.39, 0.29) is 27.1 Å². The van der Waals surface area contributed by atoms with E-state index in [9.17, 15) is 22.7 Å². The van der Waals surface area contributed by atoms with Gasteiger partial charge in [0.25, 0.3) is 0 Å². The monoisotopic (exact) mass is 415 g/mol. The Kier molecular flexibility index (Phi) is 6.01. The molecule has 2 rings (SSSR count). The largest absolute Gasteiger partial charge is 0.478 e. The van der Waals surface area contributed by atoms with Crippen LogP contribution in [0.2, 0.25) is 5.02 Å². The number of carboxylic acid groups (broad SMARTS) is 1. The molecule has 6 nitrogen and oxygen atoms in total. The van der Waals surface area contributed by atoms with Crippen LogP contribution in [-0.4, -0.2) is 30.8 Å². The number of nitrogens with one attached hydrogen (secondary N) is 1. The Balaban J connectivity index is 2.40. The number of carboxylic acids is 1. The zero-order valence-electron chi connectivity index (χ0n) is 14.9. The molecule has 2 aromatic carbocycles. The smallest absolute Gasteiger partial charge is 0.347 e. The summed E-state index contributed by atoms with van der Waals surface area (Å²) in [4.78, 5) is 11.4. The number of ether oxygens (including phenoxy) is 1. The highest BCUT2D eigenvalue weighted by Gasteiger charge is 2.30. The molecule has 0 radical (unpaired) electrons. The fourth-order valence-corrected chi connectivity index (χ4v) is 3.31. The van der Waals surface area contributed by atoms with E-state index >= 15 is 0 Å². The summed E-state index contributed by atoms with van der Waals surface area (Å²) in [5, 5.41) is 12.2. The Morgan fingerprint density at radius 2 is 1.89 bits per heavy atom. The van der Waals surface area contributed by atoms with Crippen molar-refractivity contribution in [3.8, 4) is 5.75 Å². The average molecular weight is 416 g/mol. The number of hydrogen-bond acceptors (Lipinski definition) is 5. The zero-order valence-corrected chi connectivity index (χ0v) is 16.5. The summed E-state index contributed by atoms with van der Waals surface area (Å²) in [6.07, 6.45) is 0. The molecule has 0 fully saturated rings. The van der Waals surface area contributed by atoms with Crippen molar-refractivity contribution in [3.05, 3.63) is 47.2 Å². The predicted molar refractivity (Wildman–Crippen MR) is 101 cm³/mol. The second-order valence-electron chi connectivity index (χ2n) is 6.23. The van der Waals surface area contributed by atoms with E-state index in [1.165, 1.54) is 45.0 Å². The molecule has 0 bridgehead atoms. The van der Waals surface area contributed by atoms with E-state index in [1.807, 2.05) is 0 Å². The van der Waals surface area contributed by atoms with Gasteiger partial charge in [0.1, 0.15) is 11.6 Å². The first-order valence-corrected chi connectivity index (χ1v) is 10.0. The van der Waals surface area contributed by atoms with E-state index in [0.29, 0.717) is 5.69 Å². The van der Waals surface area contributed by atoms with Crippen LogP contribution in [0, 0.1) is 5.82 Å². The van der Waals surface area contributed by atoms with Crippen molar-refractivity contribution in [2.45, 2.75) is 31.3 Å². The fraction of sp³-hybridized carbons (Fsp3) is 0.278. The normalized spacial score (nSPS) is 11.9. The van der Waals surface area contributed by atoms with Gasteiger partial charge in [-0.1, -0.05) is 18.5 Å². The molecule has 27 heavy (non-hydrogen) atoms. The molecule has 0 aliphatic carbocycles. The van der Waals surface area contributed by atoms with Crippen LogP contribution >= 0.6 is 11.6 Å². The topological polar surface area (TPSA) is 92.7 Å². The van der Waals surface area contributed by atoms with E-state index in [1.54, 1.807) is 0 Å². The van der Waals surface area contributed by atoms with E-state index in [4.69, 9.17) is 16.3 Å². The van der Waals surface area contributed by atoms with Crippen molar-refractivity contribution < 1.29 is 27.4 Å². The molecule has 0 aliphatic rings. The Hall–Kier alpha value is -2.32. The number of rotatable bonds is 7. The third-order valence-electron chi connectivity index (χ3n) is 3.77. The van der Waals surface area contributed by atoms with Crippen LogP contribution in [-0.2, 0) is 14.6 Å². The van der Waals surface area contributed by atoms with Gasteiger partial charge in [-0.15, -0.1) is 0 Å². The highest BCUT2D eigenvalue weighted by Crippen LogP contribution is 2.34. The number of hydrogen-bond donors (Lipinski definition) is 2. The van der Waals surface area contributed by atoms with Gasteiger partial charge in [0, 0.05) is 6.07 Å². The van der Waals surface area contributed by atoms with Crippen LogP contribution in [0.15, 0.2) is 41.3 Å². The molecule has 0 aromatic heterocycles. The van der Waals surface area contributed by atoms with Gasteiger partial charge in [0.05, 0.1) is 27.0 Å². The first-order chi connectivity index (χ1) is 12.5. The maximum atomic E-state index is 13.7. The van der Waals surface area contributed by atoms with E-state index in [2.05, 4.69) is 5.32 Å². The minimum absolute atomic E-state index is 0.0672. The van der Waals surface area contributed by atoms with Gasteiger partial charge < -0.3 is 15.2 Å². The zero-order chi connectivity index (χ0) is 20.4. The second-order valence-corrected chi connectivity index (χ2v) is 8.91. The molecule has 2 N–H and O–H groups in total. The molecule has 146 valence electrons. The Labute approximate surface area is 161 Å². The molecule has 0 saturated heterocycles. The summed E-state index contributed by atoms with van der Waals surface area (Å²) in [5.74, 6) is -1.73. The minimum Gasteiger partial charge on any atom is -0.478 e. The van der Waals surface area contributed by atoms with Crippen molar-refractivity contribution >= 4 is 38.8 Å². The lowest BCUT2D eigenvalue weighted by atomic mass is 10.1. The van der Waals surface area contributed by atoms with Crippen LogP contribution in [0.4, 0.5) is 15.8 Å². The molecular weight excluding hydrogens is 397 g/mol. The Bertz CT molecular complexity index is 976. The first kappa shape index (κ1) is 21.0. The Morgan fingerprint density at radius 1 is 1.22 bits per heavy atom. The SMILES string of the molecule is CCS(=O)(=O)c1ccc(Nc2cc(F)ccc2OC(C)(C)C(=O)O)c(Cl)c1. The van der Waals surface area contributed by atoms with Crippen LogP contribution in [0.3, 0.4) is 0 Å². The number of aliphatic carboxylic acids is 1. The third-order valence-corrected chi connectivity index (χ3v) is 5.82. The quantitative estimate of drug-likeness (QED) is 0.701. The number of benzene rings is 2. The van der Waals surface area contributed by atoms with Gasteiger partial charge in [-0.25, -0.2) is 17.6 Å².